The summed E-state index contributed by atoms with van der Waals surface area (Å²) in [5.74, 6) is -2.45. The highest BCUT2D eigenvalue weighted by atomic mass is 32.2. The maximum Gasteiger partial charge on any atom is 0.308 e. The predicted octanol–water partition coefficient (Wildman–Crippen LogP) is 2.03. The molecular formula is C22H28O12S2. The minimum atomic E-state index is -4.55. The van der Waals surface area contributed by atoms with Crippen LogP contribution < -0.4 is 18.9 Å². The lowest BCUT2D eigenvalue weighted by molar-refractivity contribution is -0.132. The summed E-state index contributed by atoms with van der Waals surface area (Å²) in [6.07, 6.45) is -1.24. The lowest BCUT2D eigenvalue weighted by Gasteiger charge is -2.23. The second-order valence-electron chi connectivity index (χ2n) is 7.77. The number of hydrogen-bond acceptors (Lipinski definition) is 10. The molecule has 3 N–H and O–H groups in total. The van der Waals surface area contributed by atoms with E-state index in [1.165, 1.54) is 38.5 Å². The van der Waals surface area contributed by atoms with Crippen LogP contribution in [0.3, 0.4) is 0 Å². The minimum absolute atomic E-state index is 0.0332. The average Bonchev–Trinajstić information content (AvgIpc) is 2.74. The van der Waals surface area contributed by atoms with Crippen molar-refractivity contribution in [2.45, 2.75) is 32.3 Å². The van der Waals surface area contributed by atoms with E-state index >= 15 is 0 Å². The number of aromatic hydroxyl groups is 1. The first-order chi connectivity index (χ1) is 16.7. The molecule has 0 saturated heterocycles. The molecular weight excluding hydrogens is 520 g/mol. The molecule has 14 heteroatoms. The number of phenols is 1. The van der Waals surface area contributed by atoms with Gasteiger partial charge in [-0.05, 0) is 36.6 Å². The fourth-order valence-electron chi connectivity index (χ4n) is 3.41. The van der Waals surface area contributed by atoms with E-state index in [9.17, 15) is 31.3 Å². The van der Waals surface area contributed by atoms with Crippen LogP contribution in [-0.2, 0) is 37.9 Å². The Morgan fingerprint density at radius 1 is 0.972 bits per heavy atom. The Balaban J connectivity index is 2.48. The van der Waals surface area contributed by atoms with Crippen molar-refractivity contribution in [3.8, 4) is 28.7 Å². The van der Waals surface area contributed by atoms with Crippen LogP contribution in [0.1, 0.15) is 24.5 Å². The van der Waals surface area contributed by atoms with Crippen molar-refractivity contribution in [2.24, 2.45) is 0 Å². The summed E-state index contributed by atoms with van der Waals surface area (Å²) >= 11 is 0. The maximum atomic E-state index is 11.7. The van der Waals surface area contributed by atoms with Gasteiger partial charge in [-0.3, -0.25) is 13.9 Å². The molecule has 0 amide bonds. The van der Waals surface area contributed by atoms with Crippen molar-refractivity contribution in [1.82, 2.24) is 0 Å². The normalized spacial score (nSPS) is 12.6. The first-order valence-corrected chi connectivity index (χ1v) is 13.8. The van der Waals surface area contributed by atoms with Crippen LogP contribution in [0, 0.1) is 0 Å². The van der Waals surface area contributed by atoms with Crippen LogP contribution in [0.5, 0.6) is 28.7 Å². The monoisotopic (exact) mass is 548 g/mol. The average molecular weight is 549 g/mol. The standard InChI is InChI=1S/C22H28O12S2/c1-14(23)33-20-11-15(6-5-9-35(25,26)27)10-19(32-3)22(20)34-17(13-36(28,29)30)12-16-7-4-8-18(31-2)21(16)24/h4,7-8,10-11,17,24H,5-6,9,12-13H2,1-3H3,(H,25,26,27)(H,28,29,30). The van der Waals surface area contributed by atoms with E-state index in [0.717, 1.165) is 6.92 Å². The molecule has 0 fully saturated rings. The second kappa shape index (κ2) is 12.3. The molecule has 0 aliphatic heterocycles. The van der Waals surface area contributed by atoms with Gasteiger partial charge in [0, 0.05) is 18.9 Å². The fraction of sp³-hybridized carbons (Fsp3) is 0.409. The van der Waals surface area contributed by atoms with Crippen LogP contribution in [0.25, 0.3) is 0 Å². The van der Waals surface area contributed by atoms with Crippen molar-refractivity contribution in [2.75, 3.05) is 25.7 Å². The smallest absolute Gasteiger partial charge is 0.308 e. The number of rotatable bonds is 13. The first kappa shape index (κ1) is 29.2. The first-order valence-electron chi connectivity index (χ1n) is 10.5. The summed E-state index contributed by atoms with van der Waals surface area (Å²) < 4.78 is 85.3. The molecule has 36 heavy (non-hydrogen) atoms. The lowest BCUT2D eigenvalue weighted by atomic mass is 10.1. The number of para-hydroxylation sites is 1. The molecule has 2 rings (SSSR count). The SMILES string of the molecule is COc1cccc(CC(CS(=O)(=O)O)Oc2c(OC)cc(CCCS(=O)(=O)O)cc2OC(C)=O)c1O. The van der Waals surface area contributed by atoms with Gasteiger partial charge in [0.1, 0.15) is 11.9 Å². The Morgan fingerprint density at radius 3 is 2.17 bits per heavy atom. The number of carbonyl (C=O) groups is 1. The van der Waals surface area contributed by atoms with Gasteiger partial charge in [-0.1, -0.05) is 12.1 Å². The number of benzene rings is 2. The molecule has 0 saturated carbocycles. The molecule has 0 aromatic heterocycles. The van der Waals surface area contributed by atoms with Crippen molar-refractivity contribution in [3.63, 3.8) is 0 Å². The van der Waals surface area contributed by atoms with Gasteiger partial charge in [-0.2, -0.15) is 16.8 Å². The van der Waals surface area contributed by atoms with Crippen LogP contribution in [-0.4, -0.2) is 68.8 Å². The Hall–Kier alpha value is -3.07. The van der Waals surface area contributed by atoms with Gasteiger partial charge in [0.2, 0.25) is 5.75 Å². The Kier molecular flexibility index (Phi) is 9.93. The molecule has 0 bridgehead atoms. The van der Waals surface area contributed by atoms with Gasteiger partial charge in [-0.25, -0.2) is 0 Å². The molecule has 2 aromatic rings. The van der Waals surface area contributed by atoms with Crippen molar-refractivity contribution in [3.05, 3.63) is 41.5 Å². The van der Waals surface area contributed by atoms with Crippen LogP contribution in [0.2, 0.25) is 0 Å². The molecule has 0 aliphatic carbocycles. The van der Waals surface area contributed by atoms with E-state index in [-0.39, 0.29) is 53.6 Å². The van der Waals surface area contributed by atoms with Crippen LogP contribution in [0.4, 0.5) is 0 Å². The van der Waals surface area contributed by atoms with Crippen molar-refractivity contribution < 1.29 is 54.8 Å². The quantitative estimate of drug-likeness (QED) is 0.188. The van der Waals surface area contributed by atoms with E-state index in [0.29, 0.717) is 5.56 Å². The summed E-state index contributed by atoms with van der Waals surface area (Å²) in [4.78, 5) is 11.7. The topological polar surface area (TPSA) is 183 Å². The van der Waals surface area contributed by atoms with Gasteiger partial charge >= 0.3 is 5.97 Å². The van der Waals surface area contributed by atoms with Gasteiger partial charge in [0.15, 0.2) is 23.0 Å². The molecule has 1 unspecified atom stereocenters. The van der Waals surface area contributed by atoms with E-state index in [2.05, 4.69) is 0 Å². The molecule has 0 spiro atoms. The van der Waals surface area contributed by atoms with Crippen molar-refractivity contribution >= 4 is 26.2 Å². The summed E-state index contributed by atoms with van der Waals surface area (Å²) in [6.45, 7) is 1.13. The Bertz CT molecular complexity index is 1290. The van der Waals surface area contributed by atoms with E-state index in [4.69, 9.17) is 23.5 Å². The summed E-state index contributed by atoms with van der Waals surface area (Å²) in [6, 6.07) is 7.45. The predicted molar refractivity (Wildman–Crippen MR) is 128 cm³/mol. The third-order valence-electron chi connectivity index (χ3n) is 4.85. The van der Waals surface area contributed by atoms with E-state index in [1.54, 1.807) is 6.07 Å². The zero-order valence-electron chi connectivity index (χ0n) is 19.8. The van der Waals surface area contributed by atoms with E-state index < -0.39 is 43.8 Å². The maximum absolute atomic E-state index is 11.7. The highest BCUT2D eigenvalue weighted by molar-refractivity contribution is 7.86. The van der Waals surface area contributed by atoms with Crippen LogP contribution >= 0.6 is 0 Å². The highest BCUT2D eigenvalue weighted by Gasteiger charge is 2.26. The number of aryl methyl sites for hydroxylation is 1. The van der Waals surface area contributed by atoms with Crippen LogP contribution in [0.15, 0.2) is 30.3 Å². The van der Waals surface area contributed by atoms with Gasteiger partial charge in [0.25, 0.3) is 20.2 Å². The Labute approximate surface area is 209 Å². The Morgan fingerprint density at radius 2 is 1.61 bits per heavy atom. The molecule has 0 aliphatic rings. The summed E-state index contributed by atoms with van der Waals surface area (Å²) in [5, 5.41) is 10.4. The van der Waals surface area contributed by atoms with Gasteiger partial charge in [-0.15, -0.1) is 0 Å². The fourth-order valence-corrected chi connectivity index (χ4v) is 4.58. The third-order valence-corrected chi connectivity index (χ3v) is 6.45. The molecule has 1 atom stereocenters. The number of methoxy groups -OCH3 is 2. The number of ether oxygens (including phenoxy) is 4. The molecule has 0 radical (unpaired) electrons. The van der Waals surface area contributed by atoms with E-state index in [1.807, 2.05) is 0 Å². The highest BCUT2D eigenvalue weighted by Crippen LogP contribution is 2.41. The minimum Gasteiger partial charge on any atom is -0.504 e. The number of carbonyl (C=O) groups excluding carboxylic acids is 1. The summed E-state index contributed by atoms with van der Waals surface area (Å²) in [5.41, 5.74) is 0.744. The third kappa shape index (κ3) is 9.18. The molecule has 0 heterocycles. The lowest BCUT2D eigenvalue weighted by Crippen LogP contribution is -2.29. The number of hydrogen-bond donors (Lipinski definition) is 3. The number of phenolic OH excluding ortho intramolecular Hbond substituents is 1. The number of esters is 1. The van der Waals surface area contributed by atoms with Crippen molar-refractivity contribution in [1.29, 1.82) is 0 Å². The second-order valence-corrected chi connectivity index (χ2v) is 10.8. The summed E-state index contributed by atoms with van der Waals surface area (Å²) in [7, 11) is -6.09. The van der Waals surface area contributed by atoms with Gasteiger partial charge < -0.3 is 24.1 Å². The van der Waals surface area contributed by atoms with Gasteiger partial charge in [0.05, 0.1) is 20.0 Å². The molecule has 200 valence electrons. The zero-order valence-corrected chi connectivity index (χ0v) is 21.5. The largest absolute Gasteiger partial charge is 0.504 e. The molecule has 12 nitrogen and oxygen atoms in total. The molecule has 2 aromatic carbocycles. The zero-order chi connectivity index (χ0) is 27.1.